The molecule has 4 heteroatoms. The van der Waals surface area contributed by atoms with E-state index in [0.29, 0.717) is 6.04 Å². The van der Waals surface area contributed by atoms with Gasteiger partial charge in [0.1, 0.15) is 0 Å². The molecule has 1 saturated heterocycles. The van der Waals surface area contributed by atoms with E-state index in [0.717, 1.165) is 39.1 Å². The van der Waals surface area contributed by atoms with Crippen LogP contribution < -0.4 is 0 Å². The molecule has 1 aliphatic rings. The molecule has 3 rings (SSSR count). The Bertz CT molecular complexity index is 687. The van der Waals surface area contributed by atoms with Crippen molar-refractivity contribution >= 4 is 10.9 Å². The zero-order valence-electron chi connectivity index (χ0n) is 14.8. The van der Waals surface area contributed by atoms with Gasteiger partial charge in [0.15, 0.2) is 0 Å². The minimum absolute atomic E-state index is 0.261. The van der Waals surface area contributed by atoms with Gasteiger partial charge >= 0.3 is 0 Å². The maximum absolute atomic E-state index is 9.43. The molecule has 0 bridgehead atoms. The van der Waals surface area contributed by atoms with Gasteiger partial charge in [-0.15, -0.1) is 0 Å². The highest BCUT2D eigenvalue weighted by Gasteiger charge is 2.26. The van der Waals surface area contributed by atoms with Crippen molar-refractivity contribution in [3.8, 4) is 0 Å². The third-order valence-electron chi connectivity index (χ3n) is 4.95. The van der Waals surface area contributed by atoms with Crippen LogP contribution in [0.1, 0.15) is 25.8 Å². The summed E-state index contributed by atoms with van der Waals surface area (Å²) in [5.41, 5.74) is 3.94. The summed E-state index contributed by atoms with van der Waals surface area (Å²) < 4.78 is 0. The molecule has 1 fully saturated rings. The number of rotatable bonds is 6. The number of para-hydroxylation sites is 1. The smallest absolute Gasteiger partial charge is 0.0457 e. The molecule has 1 atom stereocenters. The zero-order chi connectivity index (χ0) is 16.9. The first-order valence-electron chi connectivity index (χ1n) is 8.93. The van der Waals surface area contributed by atoms with Gasteiger partial charge in [-0.3, -0.25) is 9.80 Å². The third kappa shape index (κ3) is 4.07. The average Bonchev–Trinajstić information content (AvgIpc) is 2.97. The van der Waals surface area contributed by atoms with Crippen molar-refractivity contribution in [3.63, 3.8) is 0 Å². The number of H-pyrrole nitrogens is 1. The summed E-state index contributed by atoms with van der Waals surface area (Å²) in [6.45, 7) is 9.70. The molecule has 0 unspecified atom stereocenters. The number of benzene rings is 1. The van der Waals surface area contributed by atoms with Crippen LogP contribution in [0.4, 0.5) is 0 Å². The molecule has 24 heavy (non-hydrogen) atoms. The number of aromatic amines is 1. The van der Waals surface area contributed by atoms with Gasteiger partial charge in [-0.2, -0.15) is 0 Å². The fourth-order valence-electron chi connectivity index (χ4n) is 3.57. The first-order valence-corrected chi connectivity index (χ1v) is 8.93. The van der Waals surface area contributed by atoms with Crippen molar-refractivity contribution in [1.82, 2.24) is 14.8 Å². The van der Waals surface area contributed by atoms with Gasteiger partial charge < -0.3 is 10.1 Å². The van der Waals surface area contributed by atoms with Crippen LogP contribution in [-0.4, -0.2) is 58.7 Å². The summed E-state index contributed by atoms with van der Waals surface area (Å²) in [7, 11) is 0. The topological polar surface area (TPSA) is 42.5 Å². The Hall–Kier alpha value is -1.62. The van der Waals surface area contributed by atoms with Crippen molar-refractivity contribution in [1.29, 1.82) is 0 Å². The van der Waals surface area contributed by atoms with Gasteiger partial charge in [0, 0.05) is 62.5 Å². The highest BCUT2D eigenvalue weighted by atomic mass is 16.3. The number of allylic oxidation sites excluding steroid dienone is 1. The van der Waals surface area contributed by atoms with Crippen LogP contribution in [0.5, 0.6) is 0 Å². The summed E-state index contributed by atoms with van der Waals surface area (Å²) in [6, 6.07) is 8.93. The van der Waals surface area contributed by atoms with E-state index in [1.54, 1.807) is 0 Å². The summed E-state index contributed by atoms with van der Waals surface area (Å²) in [5.74, 6) is 0. The van der Waals surface area contributed by atoms with Gasteiger partial charge in [0.2, 0.25) is 0 Å². The fraction of sp³-hybridized carbons (Fsp3) is 0.500. The third-order valence-corrected chi connectivity index (χ3v) is 4.95. The van der Waals surface area contributed by atoms with Crippen LogP contribution in [0.15, 0.2) is 42.1 Å². The molecule has 1 aliphatic heterocycles. The molecule has 0 amide bonds. The molecule has 2 aromatic rings. The number of aliphatic hydroxyl groups is 1. The summed E-state index contributed by atoms with van der Waals surface area (Å²) >= 11 is 0. The zero-order valence-corrected chi connectivity index (χ0v) is 14.8. The second-order valence-corrected chi connectivity index (χ2v) is 7.04. The van der Waals surface area contributed by atoms with Crippen molar-refractivity contribution < 1.29 is 5.11 Å². The van der Waals surface area contributed by atoms with E-state index >= 15 is 0 Å². The molecule has 0 spiro atoms. The van der Waals surface area contributed by atoms with Gasteiger partial charge in [-0.05, 0) is 31.9 Å². The van der Waals surface area contributed by atoms with Gasteiger partial charge in [0.25, 0.3) is 0 Å². The van der Waals surface area contributed by atoms with Crippen LogP contribution in [0.3, 0.4) is 0 Å². The number of nitrogens with one attached hydrogen (secondary N) is 1. The van der Waals surface area contributed by atoms with Gasteiger partial charge in [0.05, 0.1) is 0 Å². The van der Waals surface area contributed by atoms with Gasteiger partial charge in [-0.25, -0.2) is 0 Å². The van der Waals surface area contributed by atoms with Gasteiger partial charge in [-0.1, -0.05) is 29.8 Å². The average molecular weight is 327 g/mol. The minimum atomic E-state index is 0.261. The largest absolute Gasteiger partial charge is 0.396 e. The first-order chi connectivity index (χ1) is 11.7. The monoisotopic (exact) mass is 327 g/mol. The Kier molecular flexibility index (Phi) is 5.72. The lowest BCUT2D eigenvalue weighted by molar-refractivity contribution is 0.0639. The highest BCUT2D eigenvalue weighted by molar-refractivity contribution is 5.82. The van der Waals surface area contributed by atoms with Crippen LogP contribution in [0.2, 0.25) is 0 Å². The Morgan fingerprint density at radius 3 is 2.92 bits per heavy atom. The summed E-state index contributed by atoms with van der Waals surface area (Å²) in [6.07, 6.45) is 5.28. The molecular weight excluding hydrogens is 298 g/mol. The normalized spacial score (nSPS) is 19.7. The molecule has 2 N–H and O–H groups in total. The maximum atomic E-state index is 9.43. The molecule has 1 aromatic carbocycles. The lowest BCUT2D eigenvalue weighted by atomic mass is 10.1. The second-order valence-electron chi connectivity index (χ2n) is 7.04. The molecule has 130 valence electrons. The number of aromatic nitrogens is 1. The van der Waals surface area contributed by atoms with Crippen LogP contribution >= 0.6 is 0 Å². The molecule has 0 radical (unpaired) electrons. The Labute approximate surface area is 144 Å². The molecule has 1 aromatic heterocycles. The standard InChI is InChI=1S/C20H29N3O/c1-16(2)7-9-23-11-10-22(15-18(23)8-12-24)14-17-13-21-20-6-4-3-5-19(17)20/h3-7,13,18,21,24H,8-12,14-15H2,1-2H3/t18-/m0/s1. The SMILES string of the molecule is CC(C)=CCN1CCN(Cc2c[nH]c3ccccc23)C[C@@H]1CCO. The number of aliphatic hydroxyl groups excluding tert-OH is 1. The van der Waals surface area contributed by atoms with Crippen LogP contribution in [0.25, 0.3) is 10.9 Å². The van der Waals surface area contributed by atoms with Crippen LogP contribution in [-0.2, 0) is 6.54 Å². The molecule has 4 nitrogen and oxygen atoms in total. The number of nitrogens with zero attached hydrogens (tertiary/aromatic N) is 2. The minimum Gasteiger partial charge on any atom is -0.396 e. The fourth-order valence-corrected chi connectivity index (χ4v) is 3.57. The van der Waals surface area contributed by atoms with E-state index in [1.807, 2.05) is 0 Å². The van der Waals surface area contributed by atoms with Crippen molar-refractivity contribution in [2.24, 2.45) is 0 Å². The van der Waals surface area contributed by atoms with Crippen molar-refractivity contribution in [3.05, 3.63) is 47.7 Å². The molecule has 0 saturated carbocycles. The Morgan fingerprint density at radius 1 is 1.29 bits per heavy atom. The van der Waals surface area contributed by atoms with E-state index in [-0.39, 0.29) is 6.61 Å². The lowest BCUT2D eigenvalue weighted by Crippen LogP contribution is -2.53. The lowest BCUT2D eigenvalue weighted by Gasteiger charge is -2.41. The highest BCUT2D eigenvalue weighted by Crippen LogP contribution is 2.21. The number of fused-ring (bicyclic) bond motifs is 1. The van der Waals surface area contributed by atoms with Crippen LogP contribution in [0, 0.1) is 0 Å². The molecular formula is C20H29N3O. The van der Waals surface area contributed by atoms with E-state index < -0.39 is 0 Å². The van der Waals surface area contributed by atoms with Crippen molar-refractivity contribution in [2.75, 3.05) is 32.8 Å². The predicted molar refractivity (Wildman–Crippen MR) is 100 cm³/mol. The molecule has 2 heterocycles. The van der Waals surface area contributed by atoms with E-state index in [9.17, 15) is 5.11 Å². The second kappa shape index (κ2) is 7.97. The number of hydrogen-bond acceptors (Lipinski definition) is 3. The Balaban J connectivity index is 1.66. The number of piperazine rings is 1. The van der Waals surface area contributed by atoms with E-state index in [1.165, 1.54) is 22.0 Å². The van der Waals surface area contributed by atoms with E-state index in [2.05, 4.69) is 65.2 Å². The summed E-state index contributed by atoms with van der Waals surface area (Å²) in [5, 5.41) is 10.8. The quantitative estimate of drug-likeness (QED) is 0.802. The first kappa shape index (κ1) is 17.2. The van der Waals surface area contributed by atoms with Crippen molar-refractivity contribution in [2.45, 2.75) is 32.9 Å². The Morgan fingerprint density at radius 2 is 2.12 bits per heavy atom. The predicted octanol–water partition coefficient (Wildman–Crippen LogP) is 3.00. The maximum Gasteiger partial charge on any atom is 0.0457 e. The number of hydrogen-bond donors (Lipinski definition) is 2. The van der Waals surface area contributed by atoms with E-state index in [4.69, 9.17) is 0 Å². The molecule has 0 aliphatic carbocycles. The summed E-state index contributed by atoms with van der Waals surface area (Å²) in [4.78, 5) is 8.40.